The molecular weight excluding hydrogens is 206 g/mol. The Kier molecular flexibility index (Phi) is 3.02. The van der Waals surface area contributed by atoms with E-state index in [1.807, 2.05) is 7.05 Å². The second-order valence-corrected chi connectivity index (χ2v) is 4.95. The Bertz CT molecular complexity index is 315. The molecule has 0 radical (unpaired) electrons. The molecule has 0 aromatic carbocycles. The summed E-state index contributed by atoms with van der Waals surface area (Å²) < 4.78 is 5.09. The molecule has 0 N–H and O–H groups in total. The molecule has 16 heavy (non-hydrogen) atoms. The Balaban J connectivity index is 2.27. The zero-order valence-corrected chi connectivity index (χ0v) is 9.99. The Morgan fingerprint density at radius 2 is 2.38 bits per heavy atom. The van der Waals surface area contributed by atoms with Gasteiger partial charge in [0.05, 0.1) is 6.61 Å². The fourth-order valence-electron chi connectivity index (χ4n) is 3.06. The minimum atomic E-state index is -0.855. The molecular formula is C12H19NO3. The Morgan fingerprint density at radius 3 is 3.06 bits per heavy atom. The van der Waals surface area contributed by atoms with Gasteiger partial charge in [0.2, 0.25) is 0 Å². The lowest BCUT2D eigenvalue weighted by Gasteiger charge is -2.45. The number of piperidine rings is 1. The number of fused-ring (bicyclic) bond motifs is 2. The van der Waals surface area contributed by atoms with Crippen LogP contribution in [0.2, 0.25) is 0 Å². The first-order chi connectivity index (χ1) is 7.60. The van der Waals surface area contributed by atoms with E-state index in [0.717, 1.165) is 19.4 Å². The molecule has 2 fully saturated rings. The molecule has 1 saturated heterocycles. The van der Waals surface area contributed by atoms with Crippen LogP contribution in [0.5, 0.6) is 0 Å². The van der Waals surface area contributed by atoms with Crippen LogP contribution in [0.25, 0.3) is 0 Å². The van der Waals surface area contributed by atoms with E-state index < -0.39 is 5.41 Å². The molecule has 0 aromatic rings. The highest BCUT2D eigenvalue weighted by atomic mass is 16.5. The predicted octanol–water partition coefficient (Wildman–Crippen LogP) is 0.851. The van der Waals surface area contributed by atoms with E-state index in [-0.39, 0.29) is 17.7 Å². The number of carbonyl (C=O) groups is 2. The van der Waals surface area contributed by atoms with E-state index in [1.165, 1.54) is 0 Å². The van der Waals surface area contributed by atoms with Gasteiger partial charge in [-0.25, -0.2) is 0 Å². The van der Waals surface area contributed by atoms with Crippen LogP contribution >= 0.6 is 0 Å². The van der Waals surface area contributed by atoms with Crippen LogP contribution in [0.3, 0.4) is 0 Å². The lowest BCUT2D eigenvalue weighted by molar-refractivity contribution is -0.169. The van der Waals surface area contributed by atoms with Crippen molar-refractivity contribution in [2.24, 2.45) is 11.3 Å². The molecule has 2 aliphatic rings. The third-order valence-corrected chi connectivity index (χ3v) is 3.74. The lowest BCUT2D eigenvalue weighted by atomic mass is 9.65. The van der Waals surface area contributed by atoms with Crippen molar-refractivity contribution in [2.75, 3.05) is 26.7 Å². The summed E-state index contributed by atoms with van der Waals surface area (Å²) in [6.07, 6.45) is 2.54. The number of ketones is 1. The van der Waals surface area contributed by atoms with Gasteiger partial charge in [0.15, 0.2) is 5.78 Å². The zero-order chi connectivity index (χ0) is 11.8. The molecule has 4 nitrogen and oxygen atoms in total. The number of carbonyl (C=O) groups excluding carboxylic acids is 2. The van der Waals surface area contributed by atoms with Gasteiger partial charge in [0, 0.05) is 19.0 Å². The van der Waals surface area contributed by atoms with Crippen molar-refractivity contribution in [3.05, 3.63) is 0 Å². The number of rotatable bonds is 2. The fraction of sp³-hybridized carbons (Fsp3) is 0.833. The van der Waals surface area contributed by atoms with E-state index in [1.54, 1.807) is 6.92 Å². The summed E-state index contributed by atoms with van der Waals surface area (Å²) in [5, 5.41) is 0. The third-order valence-electron chi connectivity index (χ3n) is 3.74. The van der Waals surface area contributed by atoms with Crippen molar-refractivity contribution < 1.29 is 14.3 Å². The monoisotopic (exact) mass is 225 g/mol. The van der Waals surface area contributed by atoms with Crippen molar-refractivity contribution in [3.63, 3.8) is 0 Å². The molecule has 1 saturated carbocycles. The van der Waals surface area contributed by atoms with E-state index in [9.17, 15) is 9.59 Å². The van der Waals surface area contributed by atoms with E-state index in [0.29, 0.717) is 19.6 Å². The molecule has 0 spiro atoms. The van der Waals surface area contributed by atoms with Gasteiger partial charge in [-0.05, 0) is 26.8 Å². The molecule has 2 rings (SSSR count). The highest BCUT2D eigenvalue weighted by Gasteiger charge is 2.54. The van der Waals surface area contributed by atoms with Crippen LogP contribution in [-0.4, -0.2) is 43.4 Å². The van der Waals surface area contributed by atoms with Crippen LogP contribution in [0.4, 0.5) is 0 Å². The van der Waals surface area contributed by atoms with Gasteiger partial charge < -0.3 is 9.64 Å². The standard InChI is InChI=1S/C12H19NO3/c1-3-16-11(15)12-6-4-5-9(10(12)14)7-13(2)8-12/h9H,3-8H2,1-2H3. The van der Waals surface area contributed by atoms with Crippen LogP contribution in [-0.2, 0) is 14.3 Å². The number of hydrogen-bond acceptors (Lipinski definition) is 4. The maximum absolute atomic E-state index is 12.3. The van der Waals surface area contributed by atoms with E-state index in [2.05, 4.69) is 4.90 Å². The molecule has 90 valence electrons. The first-order valence-corrected chi connectivity index (χ1v) is 6.00. The van der Waals surface area contributed by atoms with Crippen LogP contribution < -0.4 is 0 Å². The van der Waals surface area contributed by atoms with Crippen molar-refractivity contribution in [1.82, 2.24) is 4.90 Å². The van der Waals surface area contributed by atoms with Crippen LogP contribution in [0.1, 0.15) is 26.2 Å². The first kappa shape index (κ1) is 11.6. The number of likely N-dealkylation sites (tertiary alicyclic amines) is 1. The van der Waals surface area contributed by atoms with Crippen molar-refractivity contribution in [3.8, 4) is 0 Å². The minimum absolute atomic E-state index is 0.0388. The second kappa shape index (κ2) is 4.17. The van der Waals surface area contributed by atoms with Gasteiger partial charge in [0.1, 0.15) is 5.41 Å². The van der Waals surface area contributed by atoms with Gasteiger partial charge in [-0.15, -0.1) is 0 Å². The Hall–Kier alpha value is -0.900. The molecule has 1 aliphatic carbocycles. The normalized spacial score (nSPS) is 34.9. The lowest BCUT2D eigenvalue weighted by Crippen LogP contribution is -2.59. The van der Waals surface area contributed by atoms with Crippen LogP contribution in [0, 0.1) is 11.3 Å². The Morgan fingerprint density at radius 1 is 1.62 bits per heavy atom. The summed E-state index contributed by atoms with van der Waals surface area (Å²) in [7, 11) is 1.97. The third kappa shape index (κ3) is 1.65. The summed E-state index contributed by atoms with van der Waals surface area (Å²) in [6, 6.07) is 0. The fourth-order valence-corrected chi connectivity index (χ4v) is 3.06. The highest BCUT2D eigenvalue weighted by Crippen LogP contribution is 2.41. The molecule has 2 bridgehead atoms. The summed E-state index contributed by atoms with van der Waals surface area (Å²) in [6.45, 7) is 3.45. The molecule has 4 heteroatoms. The summed E-state index contributed by atoms with van der Waals surface area (Å²) in [5.41, 5.74) is -0.855. The minimum Gasteiger partial charge on any atom is -0.465 e. The Labute approximate surface area is 95.9 Å². The van der Waals surface area contributed by atoms with Crippen molar-refractivity contribution in [1.29, 1.82) is 0 Å². The largest absolute Gasteiger partial charge is 0.465 e. The number of Topliss-reactive ketones (excluding diaryl/α,β-unsaturated/α-hetero) is 1. The van der Waals surface area contributed by atoms with Crippen molar-refractivity contribution in [2.45, 2.75) is 26.2 Å². The number of esters is 1. The smallest absolute Gasteiger partial charge is 0.320 e. The second-order valence-electron chi connectivity index (χ2n) is 4.95. The van der Waals surface area contributed by atoms with Gasteiger partial charge in [-0.3, -0.25) is 9.59 Å². The maximum Gasteiger partial charge on any atom is 0.320 e. The van der Waals surface area contributed by atoms with Gasteiger partial charge >= 0.3 is 5.97 Å². The summed E-state index contributed by atoms with van der Waals surface area (Å²) >= 11 is 0. The summed E-state index contributed by atoms with van der Waals surface area (Å²) in [4.78, 5) is 26.4. The molecule has 2 unspecified atom stereocenters. The average molecular weight is 225 g/mol. The highest BCUT2D eigenvalue weighted by molar-refractivity contribution is 6.06. The molecule has 1 aliphatic heterocycles. The molecule has 2 atom stereocenters. The van der Waals surface area contributed by atoms with Gasteiger partial charge in [-0.1, -0.05) is 6.42 Å². The van der Waals surface area contributed by atoms with Gasteiger partial charge in [0.25, 0.3) is 0 Å². The molecule has 0 amide bonds. The van der Waals surface area contributed by atoms with Gasteiger partial charge in [-0.2, -0.15) is 0 Å². The van der Waals surface area contributed by atoms with E-state index in [4.69, 9.17) is 4.74 Å². The average Bonchev–Trinajstić information content (AvgIpc) is 2.21. The SMILES string of the molecule is CCOC(=O)C12CCCC(CN(C)C1)C2=O. The van der Waals surface area contributed by atoms with E-state index >= 15 is 0 Å². The van der Waals surface area contributed by atoms with Crippen molar-refractivity contribution >= 4 is 11.8 Å². The zero-order valence-electron chi connectivity index (χ0n) is 9.99. The molecule has 1 heterocycles. The topological polar surface area (TPSA) is 46.6 Å². The first-order valence-electron chi connectivity index (χ1n) is 6.00. The predicted molar refractivity (Wildman–Crippen MR) is 58.9 cm³/mol. The maximum atomic E-state index is 12.3. The molecule has 0 aromatic heterocycles. The van der Waals surface area contributed by atoms with Crippen LogP contribution in [0.15, 0.2) is 0 Å². The summed E-state index contributed by atoms with van der Waals surface area (Å²) in [5.74, 6) is -0.150. The number of nitrogens with zero attached hydrogens (tertiary/aromatic N) is 1. The number of ether oxygens (including phenoxy) is 1. The quantitative estimate of drug-likeness (QED) is 0.516. The number of hydrogen-bond donors (Lipinski definition) is 0.